The summed E-state index contributed by atoms with van der Waals surface area (Å²) in [7, 11) is -1.31. The number of para-hydroxylation sites is 1. The third-order valence-corrected chi connectivity index (χ3v) is 5.46. The van der Waals surface area contributed by atoms with Crippen LogP contribution in [0, 0.1) is 0 Å². The number of nitrogens with one attached hydrogen (secondary N) is 3. The highest BCUT2D eigenvalue weighted by Gasteiger charge is 2.38. The fraction of sp³-hybridized carbons (Fsp3) is 0.600. The van der Waals surface area contributed by atoms with Gasteiger partial charge in [0.05, 0.1) is 30.6 Å². The molecular weight excluding hydrogens is 389 g/mol. The van der Waals surface area contributed by atoms with E-state index in [1.165, 1.54) is 6.07 Å². The lowest BCUT2D eigenvalue weighted by Crippen LogP contribution is -2.53. The number of likely N-dealkylation sites (N-methyl/N-ethyl adjacent to an activating group) is 1. The zero-order chi connectivity index (χ0) is 21.5. The molecule has 0 aliphatic carbocycles. The molecule has 1 saturated heterocycles. The smallest absolute Gasteiger partial charge is 0.534 e. The van der Waals surface area contributed by atoms with Crippen molar-refractivity contribution in [3.05, 3.63) is 29.3 Å². The molecule has 3 atom stereocenters. The predicted molar refractivity (Wildman–Crippen MR) is 112 cm³/mol. The van der Waals surface area contributed by atoms with Gasteiger partial charge in [0.15, 0.2) is 0 Å². The molecule has 3 rings (SSSR count). The molecular formula is C20H30BN3O6. The van der Waals surface area contributed by atoms with Gasteiger partial charge in [0.25, 0.3) is 0 Å². The Morgan fingerprint density at radius 2 is 2.10 bits per heavy atom. The van der Waals surface area contributed by atoms with E-state index >= 15 is 0 Å². The standard InChI is InChI=1S/C20H30BN3O6/c1-2-22-8-9-23-14-6-7-15(29-12-14)11-18(25)24-17-10-13-4-3-5-16(20(26)27)19(13)30-21(17)28/h3-5,14-15,17,22-23,28H,2,6-12H2,1H3,(H,24,25)(H,26,27)/t14?,15?,17-/m0/s1. The molecule has 0 spiro atoms. The first-order valence-corrected chi connectivity index (χ1v) is 10.5. The second-order valence-corrected chi connectivity index (χ2v) is 7.73. The van der Waals surface area contributed by atoms with Crippen LogP contribution in [0.3, 0.4) is 0 Å². The predicted octanol–water partition coefficient (Wildman–Crippen LogP) is -0.0390. The van der Waals surface area contributed by atoms with E-state index in [4.69, 9.17) is 9.39 Å². The second-order valence-electron chi connectivity index (χ2n) is 7.73. The number of carbonyl (C=O) groups excluding carboxylic acids is 1. The zero-order valence-electron chi connectivity index (χ0n) is 17.2. The van der Waals surface area contributed by atoms with Gasteiger partial charge in [0, 0.05) is 19.1 Å². The molecule has 1 fully saturated rings. The van der Waals surface area contributed by atoms with Crippen molar-refractivity contribution in [3.63, 3.8) is 0 Å². The molecule has 9 nitrogen and oxygen atoms in total. The van der Waals surface area contributed by atoms with Crippen molar-refractivity contribution in [2.75, 3.05) is 26.2 Å². The summed E-state index contributed by atoms with van der Waals surface area (Å²) in [5.74, 6) is -1.82. The average molecular weight is 419 g/mol. The number of amides is 1. The Morgan fingerprint density at radius 1 is 1.27 bits per heavy atom. The van der Waals surface area contributed by atoms with Gasteiger partial charge in [0.1, 0.15) is 5.75 Å². The Labute approximate surface area is 176 Å². The Bertz CT molecular complexity index is 741. The van der Waals surface area contributed by atoms with Crippen LogP contribution in [0.25, 0.3) is 0 Å². The van der Waals surface area contributed by atoms with Crippen LogP contribution in [0.4, 0.5) is 0 Å². The van der Waals surface area contributed by atoms with Crippen LogP contribution in [0.15, 0.2) is 18.2 Å². The molecule has 164 valence electrons. The van der Waals surface area contributed by atoms with E-state index in [-0.39, 0.29) is 29.7 Å². The minimum absolute atomic E-state index is 0.000529. The van der Waals surface area contributed by atoms with Crippen molar-refractivity contribution in [1.82, 2.24) is 16.0 Å². The number of carboxylic acids is 1. The van der Waals surface area contributed by atoms with E-state index in [1.807, 2.05) is 0 Å². The van der Waals surface area contributed by atoms with Crippen molar-refractivity contribution in [2.24, 2.45) is 0 Å². The van der Waals surface area contributed by atoms with Crippen molar-refractivity contribution in [2.45, 2.75) is 50.7 Å². The summed E-state index contributed by atoms with van der Waals surface area (Å²) < 4.78 is 11.2. The Kier molecular flexibility index (Phi) is 8.09. The lowest BCUT2D eigenvalue weighted by Gasteiger charge is -2.31. The van der Waals surface area contributed by atoms with E-state index in [9.17, 15) is 19.7 Å². The molecule has 2 heterocycles. The number of fused-ring (bicyclic) bond motifs is 1. The van der Waals surface area contributed by atoms with Crippen LogP contribution in [-0.2, 0) is 16.0 Å². The van der Waals surface area contributed by atoms with Gasteiger partial charge in [-0.3, -0.25) is 4.79 Å². The minimum atomic E-state index is -1.31. The largest absolute Gasteiger partial charge is 0.547 e. The average Bonchev–Trinajstić information content (AvgIpc) is 2.72. The summed E-state index contributed by atoms with van der Waals surface area (Å²) in [4.78, 5) is 23.8. The topological polar surface area (TPSA) is 129 Å². The molecule has 1 amide bonds. The monoisotopic (exact) mass is 419 g/mol. The number of hydrogen-bond donors (Lipinski definition) is 5. The van der Waals surface area contributed by atoms with E-state index in [0.717, 1.165) is 32.5 Å². The first kappa shape index (κ1) is 22.5. The molecule has 0 bridgehead atoms. The number of ether oxygens (including phenoxy) is 1. The maximum atomic E-state index is 12.5. The molecule has 0 aromatic heterocycles. The van der Waals surface area contributed by atoms with Crippen molar-refractivity contribution >= 4 is 19.0 Å². The van der Waals surface area contributed by atoms with Crippen LogP contribution in [0.5, 0.6) is 5.75 Å². The molecule has 2 aliphatic rings. The summed E-state index contributed by atoms with van der Waals surface area (Å²) in [6.45, 7) is 5.40. The molecule has 0 saturated carbocycles. The third-order valence-electron chi connectivity index (χ3n) is 5.46. The number of hydrogen-bond acceptors (Lipinski definition) is 7. The van der Waals surface area contributed by atoms with Gasteiger partial charge in [-0.05, 0) is 37.4 Å². The number of carbonyl (C=O) groups is 2. The molecule has 30 heavy (non-hydrogen) atoms. The van der Waals surface area contributed by atoms with Gasteiger partial charge < -0.3 is 35.5 Å². The molecule has 5 N–H and O–H groups in total. The van der Waals surface area contributed by atoms with Gasteiger partial charge in [-0.15, -0.1) is 0 Å². The van der Waals surface area contributed by atoms with Gasteiger partial charge in [-0.1, -0.05) is 19.1 Å². The summed E-state index contributed by atoms with van der Waals surface area (Å²) in [5, 5.41) is 29.0. The van der Waals surface area contributed by atoms with E-state index in [1.54, 1.807) is 12.1 Å². The van der Waals surface area contributed by atoms with Crippen molar-refractivity contribution < 1.29 is 29.1 Å². The highest BCUT2D eigenvalue weighted by atomic mass is 16.5. The minimum Gasteiger partial charge on any atom is -0.534 e. The zero-order valence-corrected chi connectivity index (χ0v) is 17.2. The summed E-state index contributed by atoms with van der Waals surface area (Å²) in [5.41, 5.74) is 0.645. The first-order chi connectivity index (χ1) is 14.5. The van der Waals surface area contributed by atoms with Crippen LogP contribution in [0.2, 0.25) is 0 Å². The quantitative estimate of drug-likeness (QED) is 0.279. The second kappa shape index (κ2) is 10.8. The van der Waals surface area contributed by atoms with Crippen LogP contribution in [0.1, 0.15) is 42.1 Å². The van der Waals surface area contributed by atoms with Gasteiger partial charge >= 0.3 is 13.1 Å². The summed E-state index contributed by atoms with van der Waals surface area (Å²) in [6.07, 6.45) is 2.11. The van der Waals surface area contributed by atoms with Gasteiger partial charge in [0.2, 0.25) is 5.91 Å². The van der Waals surface area contributed by atoms with Crippen LogP contribution < -0.4 is 20.6 Å². The Hall–Kier alpha value is -2.14. The van der Waals surface area contributed by atoms with Gasteiger partial charge in [-0.25, -0.2) is 4.79 Å². The summed E-state index contributed by atoms with van der Waals surface area (Å²) in [6, 6.07) is 5.09. The molecule has 1 aromatic rings. The maximum Gasteiger partial charge on any atom is 0.547 e. The van der Waals surface area contributed by atoms with Crippen LogP contribution in [-0.4, -0.2) is 73.5 Å². The lowest BCUT2D eigenvalue weighted by molar-refractivity contribution is -0.125. The maximum absolute atomic E-state index is 12.5. The van der Waals surface area contributed by atoms with Crippen molar-refractivity contribution in [3.8, 4) is 5.75 Å². The van der Waals surface area contributed by atoms with Crippen LogP contribution >= 0.6 is 0 Å². The Morgan fingerprint density at radius 3 is 2.80 bits per heavy atom. The molecule has 10 heteroatoms. The number of aromatic carboxylic acids is 1. The van der Waals surface area contributed by atoms with Crippen molar-refractivity contribution in [1.29, 1.82) is 0 Å². The molecule has 2 aliphatic heterocycles. The highest BCUT2D eigenvalue weighted by Crippen LogP contribution is 2.30. The fourth-order valence-corrected chi connectivity index (χ4v) is 3.86. The Balaban J connectivity index is 1.45. The third kappa shape index (κ3) is 5.94. The van der Waals surface area contributed by atoms with E-state index in [2.05, 4.69) is 22.9 Å². The SMILES string of the molecule is CCNCCNC1CCC(CC(=O)N[C@H]2Cc3cccc(C(=O)O)c3OB2O)OC1. The molecule has 1 aromatic carbocycles. The number of carboxylic acid groups (broad SMARTS) is 1. The molecule has 2 unspecified atom stereocenters. The molecule has 0 radical (unpaired) electrons. The number of benzene rings is 1. The fourth-order valence-electron chi connectivity index (χ4n) is 3.86. The first-order valence-electron chi connectivity index (χ1n) is 10.5. The highest BCUT2D eigenvalue weighted by molar-refractivity contribution is 6.47. The normalized spacial score (nSPS) is 23.4. The van der Waals surface area contributed by atoms with E-state index in [0.29, 0.717) is 24.6 Å². The summed E-state index contributed by atoms with van der Waals surface area (Å²) >= 11 is 0. The van der Waals surface area contributed by atoms with Gasteiger partial charge in [-0.2, -0.15) is 0 Å². The number of rotatable bonds is 9. The lowest BCUT2D eigenvalue weighted by atomic mass is 9.72. The van der Waals surface area contributed by atoms with E-state index < -0.39 is 19.0 Å².